The number of nitrogens with zero attached hydrogens (tertiary/aromatic N) is 2. The first-order chi connectivity index (χ1) is 9.59. The first kappa shape index (κ1) is 12.7. The van der Waals surface area contributed by atoms with Crippen molar-refractivity contribution in [3.8, 4) is 5.75 Å². The molecule has 0 radical (unpaired) electrons. The quantitative estimate of drug-likeness (QED) is 0.839. The number of carbonyl (C=O) groups excluding carboxylic acids is 1. The third-order valence-electron chi connectivity index (χ3n) is 4.10. The molecule has 1 aromatic heterocycles. The van der Waals surface area contributed by atoms with Crippen LogP contribution in [0.4, 0.5) is 5.69 Å². The van der Waals surface area contributed by atoms with Gasteiger partial charge in [-0.2, -0.15) is 0 Å². The Balaban J connectivity index is 2.17. The zero-order valence-corrected chi connectivity index (χ0v) is 11.8. The third kappa shape index (κ3) is 1.54. The lowest BCUT2D eigenvalue weighted by molar-refractivity contribution is -0.121. The lowest BCUT2D eigenvalue weighted by atomic mass is 9.77. The number of hydrogen-bond donors (Lipinski definition) is 0. The van der Waals surface area contributed by atoms with E-state index in [0.29, 0.717) is 0 Å². The summed E-state index contributed by atoms with van der Waals surface area (Å²) in [6.07, 6.45) is 3.47. The number of pyridine rings is 1. The van der Waals surface area contributed by atoms with E-state index in [1.54, 1.807) is 31.5 Å². The molecule has 1 aliphatic rings. The molecule has 102 valence electrons. The molecule has 2 heterocycles. The molecule has 1 unspecified atom stereocenters. The molecule has 3 rings (SSSR count). The highest BCUT2D eigenvalue weighted by Gasteiger charge is 2.47. The monoisotopic (exact) mass is 268 g/mol. The summed E-state index contributed by atoms with van der Waals surface area (Å²) < 4.78 is 5.18. The van der Waals surface area contributed by atoms with Crippen molar-refractivity contribution < 1.29 is 9.53 Å². The van der Waals surface area contributed by atoms with Crippen molar-refractivity contribution in [2.75, 3.05) is 19.1 Å². The number of fused-ring (bicyclic) bond motifs is 1. The highest BCUT2D eigenvalue weighted by Crippen LogP contribution is 2.44. The van der Waals surface area contributed by atoms with Crippen molar-refractivity contribution in [3.05, 3.63) is 53.9 Å². The Morgan fingerprint density at radius 3 is 2.55 bits per heavy atom. The Kier molecular flexibility index (Phi) is 2.74. The van der Waals surface area contributed by atoms with Gasteiger partial charge in [0.15, 0.2) is 0 Å². The van der Waals surface area contributed by atoms with Gasteiger partial charge in [-0.15, -0.1) is 0 Å². The summed E-state index contributed by atoms with van der Waals surface area (Å²) in [6.45, 7) is 1.96. The molecule has 0 saturated heterocycles. The molecule has 0 bridgehead atoms. The smallest absolute Gasteiger partial charge is 0.241 e. The second-order valence-electron chi connectivity index (χ2n) is 5.11. The molecule has 1 atom stereocenters. The van der Waals surface area contributed by atoms with E-state index in [0.717, 1.165) is 22.6 Å². The maximum absolute atomic E-state index is 12.7. The molecule has 4 heteroatoms. The maximum Gasteiger partial charge on any atom is 0.241 e. The van der Waals surface area contributed by atoms with E-state index in [9.17, 15) is 4.79 Å². The highest BCUT2D eigenvalue weighted by atomic mass is 16.5. The maximum atomic E-state index is 12.7. The number of ether oxygens (including phenoxy) is 1. The summed E-state index contributed by atoms with van der Waals surface area (Å²) >= 11 is 0. The lowest BCUT2D eigenvalue weighted by Gasteiger charge is -2.24. The highest BCUT2D eigenvalue weighted by molar-refractivity contribution is 6.09. The van der Waals surface area contributed by atoms with Crippen LogP contribution in [0.2, 0.25) is 0 Å². The number of anilines is 1. The normalized spacial score (nSPS) is 20.9. The van der Waals surface area contributed by atoms with Crippen LogP contribution < -0.4 is 9.64 Å². The van der Waals surface area contributed by atoms with Gasteiger partial charge in [0.25, 0.3) is 0 Å². The Morgan fingerprint density at radius 2 is 1.90 bits per heavy atom. The Morgan fingerprint density at radius 1 is 1.20 bits per heavy atom. The Bertz CT molecular complexity index is 666. The Labute approximate surface area is 118 Å². The van der Waals surface area contributed by atoms with Crippen LogP contribution in [0.5, 0.6) is 5.75 Å². The van der Waals surface area contributed by atoms with Crippen LogP contribution in [0.3, 0.4) is 0 Å². The molecule has 4 nitrogen and oxygen atoms in total. The van der Waals surface area contributed by atoms with E-state index in [4.69, 9.17) is 4.74 Å². The van der Waals surface area contributed by atoms with Crippen LogP contribution in [0, 0.1) is 0 Å². The van der Waals surface area contributed by atoms with Crippen LogP contribution in [0.1, 0.15) is 18.1 Å². The van der Waals surface area contributed by atoms with Gasteiger partial charge in [0.05, 0.1) is 24.4 Å². The minimum atomic E-state index is -0.667. The predicted octanol–water partition coefficient (Wildman–Crippen LogP) is 2.37. The van der Waals surface area contributed by atoms with E-state index in [2.05, 4.69) is 4.98 Å². The molecule has 2 aromatic rings. The third-order valence-corrected chi connectivity index (χ3v) is 4.10. The SMILES string of the molecule is COc1ccc(C2(C)C(=O)N(C)c3cnccc32)cc1. The summed E-state index contributed by atoms with van der Waals surface area (Å²) in [5.74, 6) is 0.844. The summed E-state index contributed by atoms with van der Waals surface area (Å²) in [5.41, 5.74) is 2.15. The van der Waals surface area contributed by atoms with Gasteiger partial charge in [0.1, 0.15) is 5.75 Å². The molecule has 1 aliphatic heterocycles. The van der Waals surface area contributed by atoms with Crippen molar-refractivity contribution in [3.63, 3.8) is 0 Å². The summed E-state index contributed by atoms with van der Waals surface area (Å²) in [7, 11) is 3.42. The van der Waals surface area contributed by atoms with Crippen molar-refractivity contribution in [2.45, 2.75) is 12.3 Å². The van der Waals surface area contributed by atoms with Crippen molar-refractivity contribution in [1.29, 1.82) is 0 Å². The van der Waals surface area contributed by atoms with Gasteiger partial charge >= 0.3 is 0 Å². The molecular weight excluding hydrogens is 252 g/mol. The van der Waals surface area contributed by atoms with E-state index in [-0.39, 0.29) is 5.91 Å². The molecule has 1 aromatic carbocycles. The van der Waals surface area contributed by atoms with Crippen LogP contribution in [0.25, 0.3) is 0 Å². The van der Waals surface area contributed by atoms with Gasteiger partial charge in [0, 0.05) is 13.2 Å². The molecule has 0 spiro atoms. The first-order valence-electron chi connectivity index (χ1n) is 6.46. The van der Waals surface area contributed by atoms with Crippen LogP contribution in [-0.4, -0.2) is 25.0 Å². The summed E-state index contributed by atoms with van der Waals surface area (Å²) in [5, 5.41) is 0. The largest absolute Gasteiger partial charge is 0.497 e. The summed E-state index contributed by atoms with van der Waals surface area (Å²) in [4.78, 5) is 18.5. The van der Waals surface area contributed by atoms with E-state index in [1.165, 1.54) is 0 Å². The first-order valence-corrected chi connectivity index (χ1v) is 6.46. The number of likely N-dealkylation sites (N-methyl/N-ethyl adjacent to an activating group) is 1. The predicted molar refractivity (Wildman–Crippen MR) is 77.1 cm³/mol. The van der Waals surface area contributed by atoms with E-state index < -0.39 is 5.41 Å². The molecule has 0 aliphatic carbocycles. The molecule has 0 saturated carbocycles. The zero-order valence-electron chi connectivity index (χ0n) is 11.8. The second kappa shape index (κ2) is 4.34. The average molecular weight is 268 g/mol. The number of aromatic nitrogens is 1. The minimum absolute atomic E-state index is 0.0608. The zero-order chi connectivity index (χ0) is 14.3. The van der Waals surface area contributed by atoms with Gasteiger partial charge in [-0.1, -0.05) is 12.1 Å². The number of hydrogen-bond acceptors (Lipinski definition) is 3. The molecule has 0 N–H and O–H groups in total. The second-order valence-corrected chi connectivity index (χ2v) is 5.11. The molecule has 1 amide bonds. The van der Waals surface area contributed by atoms with Crippen molar-refractivity contribution in [1.82, 2.24) is 4.98 Å². The molecule has 0 fully saturated rings. The van der Waals surface area contributed by atoms with Crippen LogP contribution in [0.15, 0.2) is 42.7 Å². The Hall–Kier alpha value is -2.36. The number of benzene rings is 1. The van der Waals surface area contributed by atoms with E-state index >= 15 is 0 Å². The average Bonchev–Trinajstić information content (AvgIpc) is 2.71. The van der Waals surface area contributed by atoms with Gasteiger partial charge in [-0.05, 0) is 36.2 Å². The van der Waals surface area contributed by atoms with Crippen LogP contribution in [-0.2, 0) is 10.2 Å². The fraction of sp³-hybridized carbons (Fsp3) is 0.250. The topological polar surface area (TPSA) is 42.4 Å². The van der Waals surface area contributed by atoms with Crippen molar-refractivity contribution in [2.24, 2.45) is 0 Å². The summed E-state index contributed by atoms with van der Waals surface area (Å²) in [6, 6.07) is 9.57. The number of amides is 1. The number of rotatable bonds is 2. The fourth-order valence-corrected chi connectivity index (χ4v) is 2.84. The minimum Gasteiger partial charge on any atom is -0.497 e. The number of methoxy groups -OCH3 is 1. The fourth-order valence-electron chi connectivity index (χ4n) is 2.84. The van der Waals surface area contributed by atoms with Crippen LogP contribution >= 0.6 is 0 Å². The van der Waals surface area contributed by atoms with Gasteiger partial charge in [0.2, 0.25) is 5.91 Å². The molecular formula is C16H16N2O2. The molecule has 20 heavy (non-hydrogen) atoms. The van der Waals surface area contributed by atoms with E-state index in [1.807, 2.05) is 37.3 Å². The lowest BCUT2D eigenvalue weighted by Crippen LogP contribution is -2.36. The van der Waals surface area contributed by atoms with Crippen molar-refractivity contribution >= 4 is 11.6 Å². The van der Waals surface area contributed by atoms with Gasteiger partial charge in [-0.25, -0.2) is 0 Å². The standard InChI is InChI=1S/C16H16N2O2/c1-16(11-4-6-12(20-3)7-5-11)13-8-9-17-10-14(13)18(2)15(16)19/h4-10H,1-3H3. The van der Waals surface area contributed by atoms with Gasteiger partial charge < -0.3 is 9.64 Å². The number of carbonyl (C=O) groups is 1. The van der Waals surface area contributed by atoms with Gasteiger partial charge in [-0.3, -0.25) is 9.78 Å².